The lowest BCUT2D eigenvalue weighted by molar-refractivity contribution is -0.245. The minimum Gasteiger partial charge on any atom is -0.454 e. The number of carbonyl (C=O) groups is 3. The second-order valence-electron chi connectivity index (χ2n) is 13.3. The average Bonchev–Trinajstić information content (AvgIpc) is 3.75. The van der Waals surface area contributed by atoms with Crippen LogP contribution in [0.15, 0.2) is 23.3 Å². The van der Waals surface area contributed by atoms with Gasteiger partial charge in [0.15, 0.2) is 17.0 Å². The van der Waals surface area contributed by atoms with E-state index < -0.39 is 100 Å². The molecule has 5 aliphatic rings. The van der Waals surface area contributed by atoms with E-state index in [1.807, 2.05) is 20.8 Å². The van der Waals surface area contributed by atoms with E-state index in [4.69, 9.17) is 14.2 Å². The highest BCUT2D eigenvalue weighted by Gasteiger charge is 2.93. The van der Waals surface area contributed by atoms with Gasteiger partial charge in [-0.05, 0) is 32.8 Å². The van der Waals surface area contributed by atoms with Crippen molar-refractivity contribution in [3.8, 4) is 0 Å². The van der Waals surface area contributed by atoms with Gasteiger partial charge in [0.05, 0.1) is 24.2 Å². The Hall–Kier alpha value is -2.11. The van der Waals surface area contributed by atoms with Crippen LogP contribution in [-0.4, -0.2) is 85.5 Å². The third kappa shape index (κ3) is 3.14. The molecular weight excluding hydrogens is 520 g/mol. The number of allylic oxidation sites excluding steroid dienone is 1. The Morgan fingerprint density at radius 1 is 1.25 bits per heavy atom. The lowest BCUT2D eigenvalue weighted by atomic mass is 9.58. The lowest BCUT2D eigenvalue weighted by Crippen LogP contribution is -2.69. The first-order valence-electron chi connectivity index (χ1n) is 14.2. The molecule has 4 aliphatic carbocycles. The second kappa shape index (κ2) is 8.70. The van der Waals surface area contributed by atoms with Gasteiger partial charge in [0.2, 0.25) is 0 Å². The summed E-state index contributed by atoms with van der Waals surface area (Å²) < 4.78 is 18.4. The minimum absolute atomic E-state index is 0.159. The molecule has 0 aromatic carbocycles. The number of Topliss-reactive ketones (excluding diaryl/α,β-unsaturated/α-hetero) is 1. The summed E-state index contributed by atoms with van der Waals surface area (Å²) in [5.74, 6) is -6.16. The monoisotopic (exact) mass is 562 g/mol. The summed E-state index contributed by atoms with van der Waals surface area (Å²) in [5.41, 5.74) is -7.88. The summed E-state index contributed by atoms with van der Waals surface area (Å²) in [5, 5.41) is 46.8. The molecule has 222 valence electrons. The van der Waals surface area contributed by atoms with Crippen molar-refractivity contribution in [1.29, 1.82) is 0 Å². The van der Waals surface area contributed by atoms with Gasteiger partial charge in [-0.15, -0.1) is 0 Å². The van der Waals surface area contributed by atoms with E-state index in [0.29, 0.717) is 12.0 Å². The van der Waals surface area contributed by atoms with Gasteiger partial charge in [-0.1, -0.05) is 46.8 Å². The van der Waals surface area contributed by atoms with E-state index in [9.17, 15) is 34.8 Å². The molecule has 0 aromatic heterocycles. The molecule has 0 aromatic rings. The van der Waals surface area contributed by atoms with Crippen molar-refractivity contribution in [1.82, 2.24) is 0 Å². The van der Waals surface area contributed by atoms with Crippen molar-refractivity contribution in [3.63, 3.8) is 0 Å². The molecule has 0 amide bonds. The number of rotatable bonds is 6. The third-order valence-electron chi connectivity index (χ3n) is 11.3. The van der Waals surface area contributed by atoms with Gasteiger partial charge in [0, 0.05) is 34.7 Å². The Labute approximate surface area is 234 Å². The molecule has 3 saturated carbocycles. The molecule has 0 unspecified atom stereocenters. The molecule has 5 rings (SSSR count). The standard InChI is InChI=1S/C30H42O10/c1-9-13(3)23(33)38-21-16(6)28(36)17-11-15(5)20(32)29(17,37)25(35)27(12-31)22(39-27)18(28)19-26(7,8)30(19,21)40-24(34)14(4)10-2/h9,11,14,16-19,21-22,25,31,35-37H,10,12H2,1-8H3/b13-9+/t14-,16+,17+,18-,19-,21-,22-,25+,27-,28+,29+,30-/m1/s1. The Morgan fingerprint density at radius 3 is 2.42 bits per heavy atom. The zero-order chi connectivity index (χ0) is 30.0. The summed E-state index contributed by atoms with van der Waals surface area (Å²) in [7, 11) is 0. The quantitative estimate of drug-likeness (QED) is 0.210. The number of ether oxygens (including phenoxy) is 3. The van der Waals surface area contributed by atoms with Gasteiger partial charge in [-0.2, -0.15) is 0 Å². The summed E-state index contributed by atoms with van der Waals surface area (Å²) in [4.78, 5) is 39.9. The van der Waals surface area contributed by atoms with Crippen molar-refractivity contribution in [2.75, 3.05) is 6.61 Å². The molecular formula is C30H42O10. The molecule has 10 nitrogen and oxygen atoms in total. The van der Waals surface area contributed by atoms with E-state index in [0.717, 1.165) is 0 Å². The lowest BCUT2D eigenvalue weighted by Gasteiger charge is -2.53. The molecule has 1 aliphatic heterocycles. The Bertz CT molecular complexity index is 1220. The zero-order valence-corrected chi connectivity index (χ0v) is 24.4. The maximum Gasteiger partial charge on any atom is 0.333 e. The fourth-order valence-electron chi connectivity index (χ4n) is 8.43. The molecule has 4 N–H and O–H groups in total. The number of esters is 2. The van der Waals surface area contributed by atoms with Crippen molar-refractivity contribution < 1.29 is 49.0 Å². The van der Waals surface area contributed by atoms with Crippen molar-refractivity contribution in [3.05, 3.63) is 23.3 Å². The number of fused-ring (bicyclic) bond motifs is 7. The first-order valence-corrected chi connectivity index (χ1v) is 14.2. The molecule has 40 heavy (non-hydrogen) atoms. The van der Waals surface area contributed by atoms with Gasteiger partial charge >= 0.3 is 11.9 Å². The summed E-state index contributed by atoms with van der Waals surface area (Å²) in [6, 6.07) is 0. The van der Waals surface area contributed by atoms with Crippen LogP contribution in [0.3, 0.4) is 0 Å². The van der Waals surface area contributed by atoms with Crippen LogP contribution in [-0.2, 0) is 28.6 Å². The molecule has 1 heterocycles. The fraction of sp³-hybridized carbons (Fsp3) is 0.767. The number of epoxide rings is 1. The van der Waals surface area contributed by atoms with Crippen molar-refractivity contribution in [2.45, 2.75) is 103 Å². The summed E-state index contributed by atoms with van der Waals surface area (Å²) in [6.45, 7) is 13.1. The molecule has 1 saturated heterocycles. The molecule has 12 atom stereocenters. The van der Waals surface area contributed by atoms with E-state index in [-0.39, 0.29) is 5.57 Å². The number of hydrogen-bond acceptors (Lipinski definition) is 10. The number of aliphatic hydroxyl groups is 4. The molecule has 0 spiro atoms. The van der Waals surface area contributed by atoms with Gasteiger partial charge in [-0.25, -0.2) is 4.79 Å². The number of aliphatic hydroxyl groups excluding tert-OH is 2. The SMILES string of the molecule is C/C=C(\C)C(=O)O[C@@H]1[C@H](C)[C@@]2(O)[C@@H]([C@H]3O[C@@]3(CO)[C@H](O)[C@@]3(O)C(=O)C(C)=C[C@H]32)[C@@H]2C(C)(C)[C@]12OC(=O)[C@H](C)CC. The maximum atomic E-state index is 13.4. The second-order valence-corrected chi connectivity index (χ2v) is 13.3. The van der Waals surface area contributed by atoms with Crippen LogP contribution in [0.1, 0.15) is 61.8 Å². The molecule has 4 fully saturated rings. The number of ketones is 1. The van der Waals surface area contributed by atoms with Crippen LogP contribution in [0.2, 0.25) is 0 Å². The van der Waals surface area contributed by atoms with E-state index in [1.54, 1.807) is 33.8 Å². The van der Waals surface area contributed by atoms with Crippen LogP contribution in [0.5, 0.6) is 0 Å². The number of carbonyl (C=O) groups excluding carboxylic acids is 3. The largest absolute Gasteiger partial charge is 0.454 e. The zero-order valence-electron chi connectivity index (χ0n) is 24.4. The average molecular weight is 563 g/mol. The highest BCUT2D eigenvalue weighted by molar-refractivity contribution is 6.05. The van der Waals surface area contributed by atoms with Gasteiger partial charge in [-0.3, -0.25) is 9.59 Å². The number of hydrogen-bond donors (Lipinski definition) is 4. The van der Waals surface area contributed by atoms with Crippen LogP contribution in [0.4, 0.5) is 0 Å². The van der Waals surface area contributed by atoms with Gasteiger partial charge in [0.25, 0.3) is 0 Å². The van der Waals surface area contributed by atoms with Crippen LogP contribution in [0.25, 0.3) is 0 Å². The first-order chi connectivity index (χ1) is 18.5. The predicted octanol–water partition coefficient (Wildman–Crippen LogP) is 1.23. The first kappa shape index (κ1) is 29.4. The molecule has 0 bridgehead atoms. The third-order valence-corrected chi connectivity index (χ3v) is 11.3. The smallest absolute Gasteiger partial charge is 0.333 e. The van der Waals surface area contributed by atoms with Gasteiger partial charge in [0.1, 0.15) is 17.8 Å². The molecule has 0 radical (unpaired) electrons. The van der Waals surface area contributed by atoms with Crippen LogP contribution >= 0.6 is 0 Å². The normalized spacial score (nSPS) is 48.9. The van der Waals surface area contributed by atoms with Crippen LogP contribution < -0.4 is 0 Å². The van der Waals surface area contributed by atoms with Crippen molar-refractivity contribution in [2.24, 2.45) is 35.0 Å². The van der Waals surface area contributed by atoms with E-state index in [1.165, 1.54) is 13.0 Å². The maximum absolute atomic E-state index is 13.4. The predicted molar refractivity (Wildman–Crippen MR) is 140 cm³/mol. The Kier molecular flexibility index (Phi) is 6.39. The minimum atomic E-state index is -2.49. The van der Waals surface area contributed by atoms with Crippen molar-refractivity contribution >= 4 is 17.7 Å². The Balaban J connectivity index is 1.74. The summed E-state index contributed by atoms with van der Waals surface area (Å²) in [6.07, 6.45) is -0.370. The van der Waals surface area contributed by atoms with E-state index >= 15 is 0 Å². The topological polar surface area (TPSA) is 163 Å². The highest BCUT2D eigenvalue weighted by Crippen LogP contribution is 2.80. The van der Waals surface area contributed by atoms with Gasteiger partial charge < -0.3 is 34.6 Å². The summed E-state index contributed by atoms with van der Waals surface area (Å²) >= 11 is 0. The Morgan fingerprint density at radius 2 is 1.88 bits per heavy atom. The highest BCUT2D eigenvalue weighted by atomic mass is 16.6. The fourth-order valence-corrected chi connectivity index (χ4v) is 8.43. The van der Waals surface area contributed by atoms with E-state index in [2.05, 4.69) is 0 Å². The van der Waals surface area contributed by atoms with Crippen LogP contribution in [0, 0.1) is 35.0 Å². The molecule has 10 heteroatoms.